The van der Waals surface area contributed by atoms with E-state index >= 15 is 0 Å². The number of rotatable bonds is 9. The lowest BCUT2D eigenvalue weighted by atomic mass is 9.98. The van der Waals surface area contributed by atoms with E-state index in [1.807, 2.05) is 42.6 Å². The zero-order valence-corrected chi connectivity index (χ0v) is 25.6. The molecule has 1 aromatic carbocycles. The zero-order chi connectivity index (χ0) is 30.9. The normalized spacial score (nSPS) is 16.0. The Balaban J connectivity index is 1.08. The largest absolute Gasteiger partial charge is 0.492 e. The number of ether oxygens (including phenoxy) is 2. The lowest BCUT2D eigenvalue weighted by molar-refractivity contribution is 0.154. The second kappa shape index (κ2) is 12.5. The summed E-state index contributed by atoms with van der Waals surface area (Å²) in [7, 11) is 0. The standard InChI is InChI=1S/C36H36FN7O2/c37-25-16-23(17-27(19-25)45-15-14-44-12-4-5-13-44)34-29-20-33(40-31(29)10-11-39-34)36-35-32(42-43-36)9-8-30(41-35)24-18-28(22-38-21-24)46-26-6-2-1-3-7-26/h8-11,16-22,26,40H,1-7,12-15H2,(H,42,43). The van der Waals surface area contributed by atoms with Crippen molar-refractivity contribution in [2.45, 2.75) is 51.0 Å². The van der Waals surface area contributed by atoms with Gasteiger partial charge in [0.2, 0.25) is 0 Å². The van der Waals surface area contributed by atoms with E-state index in [0.29, 0.717) is 29.3 Å². The van der Waals surface area contributed by atoms with E-state index in [1.54, 1.807) is 12.4 Å². The van der Waals surface area contributed by atoms with Crippen molar-refractivity contribution in [3.05, 3.63) is 72.9 Å². The third-order valence-electron chi connectivity index (χ3n) is 9.09. The van der Waals surface area contributed by atoms with Gasteiger partial charge in [-0.1, -0.05) is 6.42 Å². The Labute approximate surface area is 266 Å². The van der Waals surface area contributed by atoms with Gasteiger partial charge in [-0.2, -0.15) is 5.10 Å². The maximum Gasteiger partial charge on any atom is 0.138 e. The first-order chi connectivity index (χ1) is 22.7. The van der Waals surface area contributed by atoms with Gasteiger partial charge in [-0.25, -0.2) is 9.37 Å². The van der Waals surface area contributed by atoms with Crippen LogP contribution < -0.4 is 9.47 Å². The average Bonchev–Trinajstić information content (AvgIpc) is 3.85. The summed E-state index contributed by atoms with van der Waals surface area (Å²) in [6.07, 6.45) is 13.9. The fourth-order valence-corrected chi connectivity index (χ4v) is 6.74. The highest BCUT2D eigenvalue weighted by atomic mass is 19.1. The molecule has 0 atom stereocenters. The summed E-state index contributed by atoms with van der Waals surface area (Å²) < 4.78 is 27.0. The van der Waals surface area contributed by atoms with Crippen LogP contribution >= 0.6 is 0 Å². The van der Waals surface area contributed by atoms with Crippen LogP contribution in [0.3, 0.4) is 0 Å². The number of likely N-dealkylation sites (tertiary alicyclic amines) is 1. The van der Waals surface area contributed by atoms with E-state index in [0.717, 1.165) is 77.1 Å². The van der Waals surface area contributed by atoms with Gasteiger partial charge in [0.05, 0.1) is 34.9 Å². The number of hydrogen-bond donors (Lipinski definition) is 2. The van der Waals surface area contributed by atoms with Crippen LogP contribution in [-0.4, -0.2) is 67.4 Å². The Kier molecular flexibility index (Phi) is 7.79. The third-order valence-corrected chi connectivity index (χ3v) is 9.09. The van der Waals surface area contributed by atoms with Crippen LogP contribution in [0.1, 0.15) is 44.9 Å². The molecular formula is C36H36FN7O2. The number of H-pyrrole nitrogens is 2. The van der Waals surface area contributed by atoms with E-state index < -0.39 is 0 Å². The minimum absolute atomic E-state index is 0.245. The first-order valence-electron chi connectivity index (χ1n) is 16.3. The van der Waals surface area contributed by atoms with Crippen molar-refractivity contribution in [1.82, 2.24) is 35.0 Å². The third kappa shape index (κ3) is 5.92. The number of aromatic nitrogens is 6. The van der Waals surface area contributed by atoms with Gasteiger partial charge < -0.3 is 14.5 Å². The maximum atomic E-state index is 14.8. The average molecular weight is 618 g/mol. The quantitative estimate of drug-likeness (QED) is 0.173. The van der Waals surface area contributed by atoms with Gasteiger partial charge in [-0.15, -0.1) is 0 Å². The Morgan fingerprint density at radius 2 is 1.72 bits per heavy atom. The van der Waals surface area contributed by atoms with Crippen molar-refractivity contribution in [2.24, 2.45) is 0 Å². The van der Waals surface area contributed by atoms with Gasteiger partial charge >= 0.3 is 0 Å². The maximum absolute atomic E-state index is 14.8. The Hall–Kier alpha value is -4.83. The van der Waals surface area contributed by atoms with Crippen LogP contribution in [0.2, 0.25) is 0 Å². The van der Waals surface area contributed by atoms with Crippen molar-refractivity contribution < 1.29 is 13.9 Å². The fourth-order valence-electron chi connectivity index (χ4n) is 6.74. The molecule has 2 fully saturated rings. The molecule has 10 heteroatoms. The highest BCUT2D eigenvalue weighted by Gasteiger charge is 2.19. The number of benzene rings is 1. The van der Waals surface area contributed by atoms with Gasteiger partial charge in [0.25, 0.3) is 0 Å². The fraction of sp³-hybridized carbons (Fsp3) is 0.333. The first kappa shape index (κ1) is 28.6. The summed E-state index contributed by atoms with van der Waals surface area (Å²) in [5.74, 6) is 0.911. The van der Waals surface area contributed by atoms with Crippen molar-refractivity contribution >= 4 is 21.9 Å². The van der Waals surface area contributed by atoms with E-state index in [1.165, 1.54) is 44.2 Å². The van der Waals surface area contributed by atoms with E-state index in [-0.39, 0.29) is 11.9 Å². The number of nitrogens with one attached hydrogen (secondary N) is 2. The minimum atomic E-state index is -0.360. The summed E-state index contributed by atoms with van der Waals surface area (Å²) in [6.45, 7) is 3.55. The molecule has 0 bridgehead atoms. The predicted molar refractivity (Wildman–Crippen MR) is 176 cm³/mol. The SMILES string of the molecule is Fc1cc(OCCN2CCCC2)cc(-c2nccc3[nH]c(-c4n[nH]c5ccc(-c6cncc(OC7CCCCC7)c6)nc45)cc23)c1. The van der Waals surface area contributed by atoms with Crippen LogP contribution in [0.15, 0.2) is 67.1 Å². The smallest absolute Gasteiger partial charge is 0.138 e. The summed E-state index contributed by atoms with van der Waals surface area (Å²) in [5, 5.41) is 8.60. The molecule has 9 nitrogen and oxygen atoms in total. The zero-order valence-electron chi connectivity index (χ0n) is 25.6. The number of aromatic amines is 2. The van der Waals surface area contributed by atoms with Crippen LogP contribution in [0.4, 0.5) is 4.39 Å². The van der Waals surface area contributed by atoms with Crippen molar-refractivity contribution in [3.8, 4) is 45.4 Å². The molecule has 46 heavy (non-hydrogen) atoms. The van der Waals surface area contributed by atoms with E-state index in [4.69, 9.17) is 14.5 Å². The summed E-state index contributed by atoms with van der Waals surface area (Å²) >= 11 is 0. The summed E-state index contributed by atoms with van der Waals surface area (Å²) in [6, 6.07) is 14.7. The van der Waals surface area contributed by atoms with Crippen molar-refractivity contribution in [3.63, 3.8) is 0 Å². The van der Waals surface area contributed by atoms with Gasteiger partial charge in [-0.3, -0.25) is 20.0 Å². The summed E-state index contributed by atoms with van der Waals surface area (Å²) in [5.41, 5.74) is 6.88. The molecule has 6 aromatic rings. The molecule has 6 heterocycles. The molecule has 2 N–H and O–H groups in total. The van der Waals surface area contributed by atoms with Crippen molar-refractivity contribution in [1.29, 1.82) is 0 Å². The predicted octanol–water partition coefficient (Wildman–Crippen LogP) is 7.56. The number of hydrogen-bond acceptors (Lipinski definition) is 7. The minimum Gasteiger partial charge on any atom is -0.492 e. The van der Waals surface area contributed by atoms with Crippen LogP contribution in [0, 0.1) is 5.82 Å². The molecule has 0 amide bonds. The number of pyridine rings is 3. The van der Waals surface area contributed by atoms with E-state index in [9.17, 15) is 4.39 Å². The van der Waals surface area contributed by atoms with Gasteiger partial charge in [0, 0.05) is 47.0 Å². The number of nitrogens with zero attached hydrogens (tertiary/aromatic N) is 5. The molecular weight excluding hydrogens is 581 g/mol. The molecule has 1 saturated heterocycles. The molecule has 8 rings (SSSR count). The molecule has 1 saturated carbocycles. The van der Waals surface area contributed by atoms with Gasteiger partial charge in [0.15, 0.2) is 0 Å². The lowest BCUT2D eigenvalue weighted by Gasteiger charge is -2.22. The summed E-state index contributed by atoms with van der Waals surface area (Å²) in [4.78, 5) is 20.0. The molecule has 0 unspecified atom stereocenters. The molecule has 0 radical (unpaired) electrons. The Bertz CT molecular complexity index is 1990. The second-order valence-corrected chi connectivity index (χ2v) is 12.3. The highest BCUT2D eigenvalue weighted by molar-refractivity contribution is 5.99. The Morgan fingerprint density at radius 3 is 2.61 bits per heavy atom. The van der Waals surface area contributed by atoms with Gasteiger partial charge in [0.1, 0.15) is 35.1 Å². The van der Waals surface area contributed by atoms with Crippen LogP contribution in [0.5, 0.6) is 11.5 Å². The molecule has 5 aromatic heterocycles. The first-order valence-corrected chi connectivity index (χ1v) is 16.3. The lowest BCUT2D eigenvalue weighted by Crippen LogP contribution is -2.25. The topological polar surface area (TPSA) is 105 Å². The van der Waals surface area contributed by atoms with Gasteiger partial charge in [-0.05, 0) is 94.1 Å². The highest BCUT2D eigenvalue weighted by Crippen LogP contribution is 2.35. The van der Waals surface area contributed by atoms with E-state index in [2.05, 4.69) is 30.0 Å². The number of fused-ring (bicyclic) bond motifs is 2. The van der Waals surface area contributed by atoms with Crippen LogP contribution in [-0.2, 0) is 0 Å². The van der Waals surface area contributed by atoms with Crippen molar-refractivity contribution in [2.75, 3.05) is 26.2 Å². The molecule has 1 aliphatic carbocycles. The molecule has 234 valence electrons. The monoisotopic (exact) mass is 617 g/mol. The Morgan fingerprint density at radius 1 is 0.848 bits per heavy atom. The second-order valence-electron chi connectivity index (χ2n) is 12.3. The molecule has 2 aliphatic rings. The molecule has 1 aliphatic heterocycles. The van der Waals surface area contributed by atoms with Crippen LogP contribution in [0.25, 0.3) is 55.8 Å². The molecule has 0 spiro atoms. The number of halogens is 1.